The van der Waals surface area contributed by atoms with Gasteiger partial charge in [-0.05, 0) is 6.07 Å². The van der Waals surface area contributed by atoms with Crippen LogP contribution in [0.1, 0.15) is 11.7 Å². The SMILES string of the molecule is CC(=O)n1cc2cccc(Cl)c2n1. The Morgan fingerprint density at radius 1 is 1.54 bits per heavy atom. The quantitative estimate of drug-likeness (QED) is 0.645. The van der Waals surface area contributed by atoms with Gasteiger partial charge in [-0.15, -0.1) is 0 Å². The summed E-state index contributed by atoms with van der Waals surface area (Å²) in [7, 11) is 0. The minimum atomic E-state index is -0.118. The Morgan fingerprint density at radius 2 is 2.31 bits per heavy atom. The molecule has 66 valence electrons. The number of aromatic nitrogens is 2. The van der Waals surface area contributed by atoms with Gasteiger partial charge in [0.15, 0.2) is 0 Å². The molecule has 1 aromatic carbocycles. The first kappa shape index (κ1) is 8.26. The molecule has 2 aromatic rings. The molecule has 0 spiro atoms. The Kier molecular flexibility index (Phi) is 1.81. The molecule has 0 fully saturated rings. The van der Waals surface area contributed by atoms with Crippen molar-refractivity contribution in [1.29, 1.82) is 0 Å². The van der Waals surface area contributed by atoms with Crippen molar-refractivity contribution in [3.8, 4) is 0 Å². The molecule has 0 bridgehead atoms. The van der Waals surface area contributed by atoms with Crippen LogP contribution in [0.5, 0.6) is 0 Å². The fraction of sp³-hybridized carbons (Fsp3) is 0.111. The van der Waals surface area contributed by atoms with Gasteiger partial charge in [-0.3, -0.25) is 4.79 Å². The summed E-state index contributed by atoms with van der Waals surface area (Å²) in [5.74, 6) is -0.118. The van der Waals surface area contributed by atoms with E-state index in [-0.39, 0.29) is 5.91 Å². The molecule has 0 N–H and O–H groups in total. The van der Waals surface area contributed by atoms with Gasteiger partial charge in [0.1, 0.15) is 5.52 Å². The molecule has 3 nitrogen and oxygen atoms in total. The molecule has 1 heterocycles. The van der Waals surface area contributed by atoms with Crippen LogP contribution in [0.3, 0.4) is 0 Å². The van der Waals surface area contributed by atoms with Gasteiger partial charge in [0.05, 0.1) is 5.02 Å². The van der Waals surface area contributed by atoms with E-state index < -0.39 is 0 Å². The number of nitrogens with zero attached hydrogens (tertiary/aromatic N) is 2. The zero-order chi connectivity index (χ0) is 9.42. The van der Waals surface area contributed by atoms with Crippen molar-refractivity contribution in [3.05, 3.63) is 29.4 Å². The Hall–Kier alpha value is -1.35. The Morgan fingerprint density at radius 3 is 2.92 bits per heavy atom. The van der Waals surface area contributed by atoms with Gasteiger partial charge < -0.3 is 0 Å². The molecule has 0 radical (unpaired) electrons. The van der Waals surface area contributed by atoms with Crippen molar-refractivity contribution in [1.82, 2.24) is 9.78 Å². The summed E-state index contributed by atoms with van der Waals surface area (Å²) in [6, 6.07) is 5.45. The van der Waals surface area contributed by atoms with Gasteiger partial charge in [0, 0.05) is 18.5 Å². The Bertz CT molecular complexity index is 475. The average molecular weight is 195 g/mol. The summed E-state index contributed by atoms with van der Waals surface area (Å²) < 4.78 is 1.29. The van der Waals surface area contributed by atoms with E-state index in [1.54, 1.807) is 12.3 Å². The number of fused-ring (bicyclic) bond motifs is 1. The molecule has 4 heteroatoms. The topological polar surface area (TPSA) is 34.9 Å². The van der Waals surface area contributed by atoms with Crippen LogP contribution in [-0.4, -0.2) is 15.7 Å². The normalized spacial score (nSPS) is 10.6. The van der Waals surface area contributed by atoms with E-state index >= 15 is 0 Å². The molecule has 0 unspecified atom stereocenters. The average Bonchev–Trinajstić information content (AvgIpc) is 2.49. The molecule has 0 aliphatic rings. The number of halogens is 1. The minimum Gasteiger partial charge on any atom is -0.273 e. The highest BCUT2D eigenvalue weighted by Gasteiger charge is 2.05. The number of carbonyl (C=O) groups is 1. The molecule has 0 aliphatic carbocycles. The van der Waals surface area contributed by atoms with E-state index in [1.165, 1.54) is 11.6 Å². The number of benzene rings is 1. The molecule has 0 aliphatic heterocycles. The monoisotopic (exact) mass is 194 g/mol. The van der Waals surface area contributed by atoms with Crippen molar-refractivity contribution in [2.45, 2.75) is 6.92 Å². The van der Waals surface area contributed by atoms with Gasteiger partial charge in [0.25, 0.3) is 0 Å². The predicted octanol–water partition coefficient (Wildman–Crippen LogP) is 2.35. The van der Waals surface area contributed by atoms with Crippen LogP contribution in [0.2, 0.25) is 5.02 Å². The first-order valence-electron chi connectivity index (χ1n) is 3.83. The van der Waals surface area contributed by atoms with Gasteiger partial charge in [-0.25, -0.2) is 4.68 Å². The van der Waals surface area contributed by atoms with E-state index in [0.717, 1.165) is 5.39 Å². The molecule has 0 saturated heterocycles. The van der Waals surface area contributed by atoms with Crippen LogP contribution in [-0.2, 0) is 0 Å². The van der Waals surface area contributed by atoms with Crippen LogP contribution in [0, 0.1) is 0 Å². The summed E-state index contributed by atoms with van der Waals surface area (Å²) in [5.41, 5.74) is 0.666. The lowest BCUT2D eigenvalue weighted by Gasteiger charge is -1.89. The fourth-order valence-electron chi connectivity index (χ4n) is 1.17. The van der Waals surface area contributed by atoms with Crippen LogP contribution in [0.4, 0.5) is 0 Å². The van der Waals surface area contributed by atoms with Gasteiger partial charge in [-0.2, -0.15) is 5.10 Å². The van der Waals surface area contributed by atoms with Crippen LogP contribution >= 0.6 is 11.6 Å². The highest BCUT2D eigenvalue weighted by Crippen LogP contribution is 2.20. The van der Waals surface area contributed by atoms with Crippen molar-refractivity contribution in [3.63, 3.8) is 0 Å². The lowest BCUT2D eigenvalue weighted by atomic mass is 10.3. The second-order valence-corrected chi connectivity index (χ2v) is 3.18. The van der Waals surface area contributed by atoms with Crippen LogP contribution in [0.25, 0.3) is 10.9 Å². The minimum absolute atomic E-state index is 0.118. The number of hydrogen-bond acceptors (Lipinski definition) is 2. The Balaban J connectivity index is 2.75. The first-order chi connectivity index (χ1) is 6.18. The zero-order valence-corrected chi connectivity index (χ0v) is 7.75. The summed E-state index contributed by atoms with van der Waals surface area (Å²) in [6.45, 7) is 1.46. The molecule has 0 amide bonds. The van der Waals surface area contributed by atoms with Crippen molar-refractivity contribution < 1.29 is 4.79 Å². The van der Waals surface area contributed by atoms with Gasteiger partial charge in [0.2, 0.25) is 5.91 Å². The maximum absolute atomic E-state index is 11.0. The smallest absolute Gasteiger partial charge is 0.243 e. The third-order valence-electron chi connectivity index (χ3n) is 1.81. The summed E-state index contributed by atoms with van der Waals surface area (Å²) >= 11 is 5.89. The van der Waals surface area contributed by atoms with Gasteiger partial charge in [-0.1, -0.05) is 23.7 Å². The van der Waals surface area contributed by atoms with Crippen LogP contribution in [0.15, 0.2) is 24.4 Å². The molecule has 0 atom stereocenters. The summed E-state index contributed by atoms with van der Waals surface area (Å²) in [5, 5.41) is 5.49. The highest BCUT2D eigenvalue weighted by atomic mass is 35.5. The van der Waals surface area contributed by atoms with Crippen LogP contribution < -0.4 is 0 Å². The van der Waals surface area contributed by atoms with Crippen molar-refractivity contribution in [2.75, 3.05) is 0 Å². The molecule has 1 aromatic heterocycles. The lowest BCUT2D eigenvalue weighted by Crippen LogP contribution is -2.04. The standard InChI is InChI=1S/C9H7ClN2O/c1-6(13)12-5-7-3-2-4-8(10)9(7)11-12/h2-5H,1H3. The number of carbonyl (C=O) groups excluding carboxylic acids is 1. The largest absolute Gasteiger partial charge is 0.273 e. The molecule has 0 saturated carbocycles. The molecule has 13 heavy (non-hydrogen) atoms. The van der Waals surface area contributed by atoms with Gasteiger partial charge >= 0.3 is 0 Å². The third kappa shape index (κ3) is 1.31. The second kappa shape index (κ2) is 2.85. The molecule has 2 rings (SSSR count). The van der Waals surface area contributed by atoms with Crippen molar-refractivity contribution >= 4 is 28.4 Å². The van der Waals surface area contributed by atoms with E-state index in [2.05, 4.69) is 5.10 Å². The first-order valence-corrected chi connectivity index (χ1v) is 4.21. The summed E-state index contributed by atoms with van der Waals surface area (Å²) in [4.78, 5) is 11.0. The van der Waals surface area contributed by atoms with Crippen molar-refractivity contribution in [2.24, 2.45) is 0 Å². The van der Waals surface area contributed by atoms with E-state index in [9.17, 15) is 4.79 Å². The predicted molar refractivity (Wildman–Crippen MR) is 51.0 cm³/mol. The molecular weight excluding hydrogens is 188 g/mol. The lowest BCUT2D eigenvalue weighted by molar-refractivity contribution is 0.0922. The van der Waals surface area contributed by atoms with E-state index in [1.807, 2.05) is 12.1 Å². The fourth-order valence-corrected chi connectivity index (χ4v) is 1.39. The highest BCUT2D eigenvalue weighted by molar-refractivity contribution is 6.35. The number of hydrogen-bond donors (Lipinski definition) is 0. The second-order valence-electron chi connectivity index (χ2n) is 2.77. The maximum atomic E-state index is 11.0. The maximum Gasteiger partial charge on any atom is 0.243 e. The molecular formula is C9H7ClN2O. The third-order valence-corrected chi connectivity index (χ3v) is 2.11. The number of rotatable bonds is 0. The summed E-state index contributed by atoms with van der Waals surface area (Å²) in [6.07, 6.45) is 1.67. The zero-order valence-electron chi connectivity index (χ0n) is 6.99. The Labute approximate surface area is 79.9 Å². The van der Waals surface area contributed by atoms with E-state index in [0.29, 0.717) is 10.5 Å². The van der Waals surface area contributed by atoms with E-state index in [4.69, 9.17) is 11.6 Å².